The van der Waals surface area contributed by atoms with E-state index in [0.29, 0.717) is 0 Å². The molecular formula is C14H14N2O5. The summed E-state index contributed by atoms with van der Waals surface area (Å²) in [6.45, 7) is 3.41. The fraction of sp³-hybridized carbons (Fsp3) is 0.143. The molecule has 1 atom stereocenters. The SMILES string of the molecule is C=CCC(NC(=O)/C=C/c1ccccc1[N+](=O)[O-])C(=O)O. The van der Waals surface area contributed by atoms with Gasteiger partial charge in [-0.1, -0.05) is 18.2 Å². The number of para-hydroxylation sites is 1. The predicted molar refractivity (Wildman–Crippen MR) is 76.5 cm³/mol. The van der Waals surface area contributed by atoms with E-state index < -0.39 is 22.8 Å². The predicted octanol–water partition coefficient (Wildman–Crippen LogP) is 1.75. The number of nitro groups is 1. The summed E-state index contributed by atoms with van der Waals surface area (Å²) in [7, 11) is 0. The summed E-state index contributed by atoms with van der Waals surface area (Å²) < 4.78 is 0. The minimum atomic E-state index is -1.18. The quantitative estimate of drug-likeness (QED) is 0.344. The molecule has 0 spiro atoms. The molecule has 0 aromatic heterocycles. The zero-order valence-electron chi connectivity index (χ0n) is 11.1. The maximum atomic E-state index is 11.6. The number of aliphatic carboxylic acids is 1. The monoisotopic (exact) mass is 290 g/mol. The Morgan fingerprint density at radius 1 is 1.43 bits per heavy atom. The van der Waals surface area contributed by atoms with E-state index >= 15 is 0 Å². The number of rotatable bonds is 7. The van der Waals surface area contributed by atoms with Gasteiger partial charge in [-0.15, -0.1) is 6.58 Å². The van der Waals surface area contributed by atoms with Crippen molar-refractivity contribution in [3.05, 3.63) is 58.7 Å². The number of nitro benzene ring substituents is 1. The Kier molecular flexibility index (Phi) is 5.81. The molecule has 2 N–H and O–H groups in total. The van der Waals surface area contributed by atoms with E-state index in [1.165, 1.54) is 30.4 Å². The highest BCUT2D eigenvalue weighted by Crippen LogP contribution is 2.18. The van der Waals surface area contributed by atoms with E-state index in [9.17, 15) is 19.7 Å². The van der Waals surface area contributed by atoms with Crippen LogP contribution in [0.2, 0.25) is 0 Å². The standard InChI is InChI=1S/C14H14N2O5/c1-2-5-11(14(18)19)15-13(17)9-8-10-6-3-4-7-12(10)16(20)21/h2-4,6-9,11H,1,5H2,(H,15,17)(H,18,19)/b9-8+. The Morgan fingerprint density at radius 2 is 2.10 bits per heavy atom. The Balaban J connectivity index is 2.81. The molecule has 0 saturated heterocycles. The van der Waals surface area contributed by atoms with Crippen molar-refractivity contribution in [2.45, 2.75) is 12.5 Å². The number of nitrogens with zero attached hydrogens (tertiary/aromatic N) is 1. The van der Waals surface area contributed by atoms with Crippen molar-refractivity contribution in [1.29, 1.82) is 0 Å². The van der Waals surface area contributed by atoms with E-state index in [2.05, 4.69) is 11.9 Å². The normalized spacial score (nSPS) is 11.8. The maximum absolute atomic E-state index is 11.6. The van der Waals surface area contributed by atoms with Gasteiger partial charge in [-0.2, -0.15) is 0 Å². The highest BCUT2D eigenvalue weighted by atomic mass is 16.6. The highest BCUT2D eigenvalue weighted by molar-refractivity contribution is 5.94. The van der Waals surface area contributed by atoms with Gasteiger partial charge < -0.3 is 10.4 Å². The molecule has 1 unspecified atom stereocenters. The molecular weight excluding hydrogens is 276 g/mol. The molecule has 110 valence electrons. The van der Waals surface area contributed by atoms with Gasteiger partial charge in [-0.3, -0.25) is 14.9 Å². The van der Waals surface area contributed by atoms with Crippen molar-refractivity contribution < 1.29 is 19.6 Å². The second-order valence-corrected chi connectivity index (χ2v) is 4.07. The van der Waals surface area contributed by atoms with E-state index in [4.69, 9.17) is 5.11 Å². The number of carbonyl (C=O) groups excluding carboxylic acids is 1. The molecule has 0 fully saturated rings. The Labute approximate surface area is 120 Å². The molecule has 0 saturated carbocycles. The highest BCUT2D eigenvalue weighted by Gasteiger charge is 2.17. The van der Waals surface area contributed by atoms with Crippen LogP contribution in [0.1, 0.15) is 12.0 Å². The number of benzene rings is 1. The molecule has 21 heavy (non-hydrogen) atoms. The molecule has 1 amide bonds. The third kappa shape index (κ3) is 4.90. The molecule has 1 rings (SSSR count). The Hall–Kier alpha value is -2.96. The number of carboxylic acid groups (broad SMARTS) is 1. The summed E-state index contributed by atoms with van der Waals surface area (Å²) in [4.78, 5) is 32.7. The second-order valence-electron chi connectivity index (χ2n) is 4.07. The van der Waals surface area contributed by atoms with Gasteiger partial charge in [0.2, 0.25) is 5.91 Å². The van der Waals surface area contributed by atoms with Gasteiger partial charge >= 0.3 is 5.97 Å². The lowest BCUT2D eigenvalue weighted by Crippen LogP contribution is -2.39. The number of amides is 1. The molecule has 7 heteroatoms. The van der Waals surface area contributed by atoms with Crippen LogP contribution in [0.25, 0.3) is 6.08 Å². The van der Waals surface area contributed by atoms with Crippen molar-refractivity contribution in [2.24, 2.45) is 0 Å². The largest absolute Gasteiger partial charge is 0.480 e. The van der Waals surface area contributed by atoms with Gasteiger partial charge in [-0.05, 0) is 18.6 Å². The first-order valence-electron chi connectivity index (χ1n) is 6.01. The summed E-state index contributed by atoms with van der Waals surface area (Å²) >= 11 is 0. The van der Waals surface area contributed by atoms with Crippen LogP contribution in [-0.4, -0.2) is 27.9 Å². The molecule has 1 aromatic rings. The molecule has 0 aliphatic heterocycles. The van der Waals surface area contributed by atoms with Gasteiger partial charge in [0, 0.05) is 12.1 Å². The van der Waals surface area contributed by atoms with Gasteiger partial charge in [0.25, 0.3) is 5.69 Å². The summed E-state index contributed by atoms with van der Waals surface area (Å²) in [5.74, 6) is -1.83. The van der Waals surface area contributed by atoms with Crippen LogP contribution in [0, 0.1) is 10.1 Å². The van der Waals surface area contributed by atoms with Crippen molar-refractivity contribution >= 4 is 23.6 Å². The van der Waals surface area contributed by atoms with Crippen LogP contribution in [0.4, 0.5) is 5.69 Å². The van der Waals surface area contributed by atoms with Crippen LogP contribution in [-0.2, 0) is 9.59 Å². The lowest BCUT2D eigenvalue weighted by atomic mass is 10.1. The average molecular weight is 290 g/mol. The first-order valence-corrected chi connectivity index (χ1v) is 6.01. The summed E-state index contributed by atoms with van der Waals surface area (Å²) in [5.41, 5.74) is 0.121. The van der Waals surface area contributed by atoms with Gasteiger partial charge in [0.1, 0.15) is 6.04 Å². The van der Waals surface area contributed by atoms with Crippen LogP contribution >= 0.6 is 0 Å². The minimum Gasteiger partial charge on any atom is -0.480 e. The Morgan fingerprint density at radius 3 is 2.67 bits per heavy atom. The van der Waals surface area contributed by atoms with Crippen molar-refractivity contribution in [3.8, 4) is 0 Å². The van der Waals surface area contributed by atoms with Crippen molar-refractivity contribution in [2.75, 3.05) is 0 Å². The first-order chi connectivity index (χ1) is 9.95. The number of hydrogen-bond acceptors (Lipinski definition) is 4. The van der Waals surface area contributed by atoms with Crippen LogP contribution < -0.4 is 5.32 Å². The third-order valence-corrected chi connectivity index (χ3v) is 2.56. The van der Waals surface area contributed by atoms with Gasteiger partial charge in [0.15, 0.2) is 0 Å². The molecule has 7 nitrogen and oxygen atoms in total. The third-order valence-electron chi connectivity index (χ3n) is 2.56. The van der Waals surface area contributed by atoms with Crippen molar-refractivity contribution in [3.63, 3.8) is 0 Å². The summed E-state index contributed by atoms with van der Waals surface area (Å²) in [5, 5.41) is 22.0. The van der Waals surface area contributed by atoms with E-state index in [0.717, 1.165) is 6.08 Å². The molecule has 0 aliphatic carbocycles. The topological polar surface area (TPSA) is 110 Å². The van der Waals surface area contributed by atoms with Gasteiger partial charge in [-0.25, -0.2) is 4.79 Å². The number of carboxylic acids is 1. The van der Waals surface area contributed by atoms with Gasteiger partial charge in [0.05, 0.1) is 10.5 Å². The first kappa shape index (κ1) is 16.1. The summed E-state index contributed by atoms with van der Waals surface area (Å²) in [6.07, 6.45) is 3.78. The number of nitrogens with one attached hydrogen (secondary N) is 1. The smallest absolute Gasteiger partial charge is 0.326 e. The molecule has 0 bridgehead atoms. The fourth-order valence-electron chi connectivity index (χ4n) is 1.57. The van der Waals surface area contributed by atoms with E-state index in [-0.39, 0.29) is 17.7 Å². The average Bonchev–Trinajstić information content (AvgIpc) is 2.44. The molecule has 0 radical (unpaired) electrons. The molecule has 1 aromatic carbocycles. The minimum absolute atomic E-state index is 0.0837. The Bertz CT molecular complexity index is 595. The van der Waals surface area contributed by atoms with E-state index in [1.807, 2.05) is 0 Å². The lowest BCUT2D eigenvalue weighted by molar-refractivity contribution is -0.385. The van der Waals surface area contributed by atoms with Crippen molar-refractivity contribution in [1.82, 2.24) is 5.32 Å². The second kappa shape index (κ2) is 7.59. The molecule has 0 aliphatic rings. The van der Waals surface area contributed by atoms with Crippen LogP contribution in [0.3, 0.4) is 0 Å². The lowest BCUT2D eigenvalue weighted by Gasteiger charge is -2.10. The summed E-state index contributed by atoms with van der Waals surface area (Å²) in [6, 6.07) is 4.84. The van der Waals surface area contributed by atoms with Crippen LogP contribution in [0.5, 0.6) is 0 Å². The molecule has 0 heterocycles. The maximum Gasteiger partial charge on any atom is 0.326 e. The zero-order valence-corrected chi connectivity index (χ0v) is 11.1. The zero-order chi connectivity index (χ0) is 15.8. The van der Waals surface area contributed by atoms with E-state index in [1.54, 1.807) is 6.07 Å². The fourth-order valence-corrected chi connectivity index (χ4v) is 1.57. The van der Waals surface area contributed by atoms with Crippen LogP contribution in [0.15, 0.2) is 43.0 Å². The number of hydrogen-bond donors (Lipinski definition) is 2. The number of carbonyl (C=O) groups is 2.